The molecule has 5 heteroatoms. The first-order valence-corrected chi connectivity index (χ1v) is 11.2. The smallest absolute Gasteiger partial charge is 0.201 e. The molecule has 4 nitrogen and oxygen atoms in total. The lowest BCUT2D eigenvalue weighted by Gasteiger charge is -2.42. The summed E-state index contributed by atoms with van der Waals surface area (Å²) in [7, 11) is -1.93. The van der Waals surface area contributed by atoms with Gasteiger partial charge in [0.15, 0.2) is 5.82 Å². The van der Waals surface area contributed by atoms with E-state index in [9.17, 15) is 0 Å². The molecule has 2 rings (SSSR count). The fourth-order valence-corrected chi connectivity index (χ4v) is 9.39. The lowest BCUT2D eigenvalue weighted by Crippen LogP contribution is -2.47. The van der Waals surface area contributed by atoms with Crippen LogP contribution in [0.2, 0.25) is 16.6 Å². The minimum absolute atomic E-state index is 0.445. The summed E-state index contributed by atoms with van der Waals surface area (Å²) in [5.41, 5.74) is 10.1. The third kappa shape index (κ3) is 4.10. The summed E-state index contributed by atoms with van der Waals surface area (Å²) in [6, 6.07) is 9.98. The third-order valence-electron chi connectivity index (χ3n) is 5.07. The van der Waals surface area contributed by atoms with Crippen molar-refractivity contribution in [3.05, 3.63) is 42.4 Å². The first kappa shape index (κ1) is 19.6. The summed E-state index contributed by atoms with van der Waals surface area (Å²) in [5.74, 6) is 0.701. The second-order valence-electron chi connectivity index (χ2n) is 7.56. The predicted octanol–water partition coefficient (Wildman–Crippen LogP) is 5.42. The average molecular weight is 358 g/mol. The molecule has 0 atom stereocenters. The van der Waals surface area contributed by atoms with Crippen molar-refractivity contribution in [1.29, 1.82) is 0 Å². The van der Waals surface area contributed by atoms with E-state index in [2.05, 4.69) is 51.5 Å². The molecule has 0 bridgehead atoms. The molecular weight excluding hydrogens is 326 g/mol. The van der Waals surface area contributed by atoms with Crippen molar-refractivity contribution >= 4 is 14.0 Å². The van der Waals surface area contributed by atoms with Crippen LogP contribution in [-0.2, 0) is 11.0 Å². The fraction of sp³-hybridized carbons (Fsp3) is 0.500. The van der Waals surface area contributed by atoms with Gasteiger partial charge in [0.1, 0.15) is 0 Å². The van der Waals surface area contributed by atoms with Gasteiger partial charge in [0.25, 0.3) is 0 Å². The molecule has 0 radical (unpaired) electrons. The number of hydrogen-bond donors (Lipinski definition) is 1. The Morgan fingerprint density at radius 3 is 2.04 bits per heavy atom. The van der Waals surface area contributed by atoms with Crippen molar-refractivity contribution in [2.24, 2.45) is 0 Å². The van der Waals surface area contributed by atoms with Crippen molar-refractivity contribution < 1.29 is 4.43 Å². The van der Waals surface area contributed by atoms with Gasteiger partial charge in [-0.25, -0.2) is 9.97 Å². The highest BCUT2D eigenvalue weighted by atomic mass is 28.4. The van der Waals surface area contributed by atoms with Crippen LogP contribution in [0.5, 0.6) is 0 Å². The Morgan fingerprint density at radius 1 is 0.960 bits per heavy atom. The molecule has 0 fully saturated rings. The van der Waals surface area contributed by atoms with Gasteiger partial charge in [-0.05, 0) is 16.6 Å². The minimum Gasteiger partial charge on any atom is -0.409 e. The number of anilines is 1. The number of rotatable bonds is 7. The Hall–Kier alpha value is -1.72. The van der Waals surface area contributed by atoms with E-state index in [1.807, 2.05) is 30.3 Å². The molecule has 0 unspecified atom stereocenters. The van der Waals surface area contributed by atoms with Gasteiger partial charge in [0.05, 0.1) is 24.2 Å². The van der Waals surface area contributed by atoms with E-state index in [0.717, 1.165) is 11.3 Å². The molecule has 0 amide bonds. The highest BCUT2D eigenvalue weighted by Crippen LogP contribution is 2.42. The summed E-state index contributed by atoms with van der Waals surface area (Å²) >= 11 is 0. The number of aromatic nitrogens is 2. The highest BCUT2D eigenvalue weighted by molar-refractivity contribution is 6.77. The number of nitrogens with zero attached hydrogens (tertiary/aromatic N) is 2. The molecule has 0 aliphatic rings. The Balaban J connectivity index is 2.29. The Morgan fingerprint density at radius 2 is 1.52 bits per heavy atom. The van der Waals surface area contributed by atoms with E-state index in [1.165, 1.54) is 0 Å². The number of benzene rings is 1. The van der Waals surface area contributed by atoms with Crippen LogP contribution in [0.4, 0.5) is 5.69 Å². The van der Waals surface area contributed by atoms with Gasteiger partial charge in [-0.3, -0.25) is 0 Å². The van der Waals surface area contributed by atoms with Gasteiger partial charge in [0, 0.05) is 5.56 Å². The summed E-state index contributed by atoms with van der Waals surface area (Å²) in [5, 5.41) is 0. The summed E-state index contributed by atoms with van der Waals surface area (Å²) in [6.07, 6.45) is 1.69. The van der Waals surface area contributed by atoms with Crippen LogP contribution in [0.15, 0.2) is 36.5 Å². The third-order valence-corrected chi connectivity index (χ3v) is 11.1. The van der Waals surface area contributed by atoms with Crippen molar-refractivity contribution in [2.45, 2.75) is 64.8 Å². The number of nitrogen functional groups attached to an aromatic ring is 1. The summed E-state index contributed by atoms with van der Waals surface area (Å²) in [6.45, 7) is 14.1. The fourth-order valence-electron chi connectivity index (χ4n) is 4.01. The molecule has 136 valence electrons. The van der Waals surface area contributed by atoms with E-state index < -0.39 is 8.32 Å². The average Bonchev–Trinajstić information content (AvgIpc) is 2.56. The SMILES string of the molecule is CC(C)[Si](OCc1ncc(N)c(-c2ccccc2)n1)(C(C)C)C(C)C. The zero-order valence-corrected chi connectivity index (χ0v) is 17.3. The zero-order chi connectivity index (χ0) is 18.6. The molecule has 0 saturated carbocycles. The first-order valence-electron chi connectivity index (χ1n) is 9.09. The largest absolute Gasteiger partial charge is 0.409 e. The molecule has 0 aliphatic heterocycles. The molecule has 1 heterocycles. The second kappa shape index (κ2) is 8.10. The van der Waals surface area contributed by atoms with Crippen LogP contribution in [-0.4, -0.2) is 18.3 Å². The maximum absolute atomic E-state index is 6.60. The van der Waals surface area contributed by atoms with E-state index in [1.54, 1.807) is 6.20 Å². The summed E-state index contributed by atoms with van der Waals surface area (Å²) in [4.78, 5) is 9.09. The van der Waals surface area contributed by atoms with E-state index >= 15 is 0 Å². The lowest BCUT2D eigenvalue weighted by atomic mass is 10.1. The van der Waals surface area contributed by atoms with E-state index in [-0.39, 0.29) is 0 Å². The van der Waals surface area contributed by atoms with Crippen LogP contribution in [0.3, 0.4) is 0 Å². The van der Waals surface area contributed by atoms with Gasteiger partial charge >= 0.3 is 0 Å². The quantitative estimate of drug-likeness (QED) is 0.672. The van der Waals surface area contributed by atoms with Gasteiger partial charge in [-0.2, -0.15) is 0 Å². The Bertz CT molecular complexity index is 665. The molecule has 0 spiro atoms. The molecular formula is C20H31N3OSi. The molecule has 1 aromatic heterocycles. The van der Waals surface area contributed by atoms with Crippen molar-refractivity contribution in [3.8, 4) is 11.3 Å². The standard InChI is InChI=1S/C20H31N3OSi/c1-14(2)25(15(3)4,16(5)6)24-13-19-22-12-18(21)20(23-19)17-10-8-7-9-11-17/h7-12,14-16H,13,21H2,1-6H3. The molecule has 0 saturated heterocycles. The van der Waals surface area contributed by atoms with Gasteiger partial charge in [-0.15, -0.1) is 0 Å². The second-order valence-corrected chi connectivity index (χ2v) is 13.0. The maximum atomic E-state index is 6.60. The molecule has 2 N–H and O–H groups in total. The van der Waals surface area contributed by atoms with Crippen LogP contribution in [0, 0.1) is 0 Å². The minimum atomic E-state index is -1.93. The molecule has 0 aliphatic carbocycles. The zero-order valence-electron chi connectivity index (χ0n) is 16.3. The first-order chi connectivity index (χ1) is 11.8. The number of hydrogen-bond acceptors (Lipinski definition) is 4. The highest BCUT2D eigenvalue weighted by Gasteiger charge is 2.45. The topological polar surface area (TPSA) is 61.0 Å². The van der Waals surface area contributed by atoms with Crippen molar-refractivity contribution in [2.75, 3.05) is 5.73 Å². The van der Waals surface area contributed by atoms with Crippen LogP contribution >= 0.6 is 0 Å². The Labute approximate surface area is 153 Å². The van der Waals surface area contributed by atoms with Crippen molar-refractivity contribution in [1.82, 2.24) is 9.97 Å². The molecule has 1 aromatic carbocycles. The normalized spacial score (nSPS) is 12.4. The predicted molar refractivity (Wildman–Crippen MR) is 108 cm³/mol. The summed E-state index contributed by atoms with van der Waals surface area (Å²) < 4.78 is 6.60. The lowest BCUT2D eigenvalue weighted by molar-refractivity contribution is 0.257. The van der Waals surface area contributed by atoms with Crippen molar-refractivity contribution in [3.63, 3.8) is 0 Å². The Kier molecular flexibility index (Phi) is 6.35. The number of nitrogens with two attached hydrogens (primary N) is 1. The molecule has 25 heavy (non-hydrogen) atoms. The van der Waals surface area contributed by atoms with Crippen LogP contribution in [0.25, 0.3) is 11.3 Å². The van der Waals surface area contributed by atoms with Crippen LogP contribution in [0.1, 0.15) is 47.4 Å². The monoisotopic (exact) mass is 357 g/mol. The maximum Gasteiger partial charge on any atom is 0.201 e. The van der Waals surface area contributed by atoms with Gasteiger partial charge in [0.2, 0.25) is 8.32 Å². The van der Waals surface area contributed by atoms with E-state index in [0.29, 0.717) is 34.7 Å². The van der Waals surface area contributed by atoms with Gasteiger partial charge in [-0.1, -0.05) is 71.9 Å². The van der Waals surface area contributed by atoms with E-state index in [4.69, 9.17) is 10.2 Å². The molecule has 2 aromatic rings. The van der Waals surface area contributed by atoms with Crippen LogP contribution < -0.4 is 5.73 Å². The van der Waals surface area contributed by atoms with Gasteiger partial charge < -0.3 is 10.2 Å².